The van der Waals surface area contributed by atoms with Gasteiger partial charge in [-0.05, 0) is 43.7 Å². The Morgan fingerprint density at radius 1 is 1.22 bits per heavy atom. The van der Waals surface area contributed by atoms with Crippen molar-refractivity contribution in [3.8, 4) is 0 Å². The second kappa shape index (κ2) is 6.41. The van der Waals surface area contributed by atoms with Crippen LogP contribution in [0.2, 0.25) is 0 Å². The van der Waals surface area contributed by atoms with Gasteiger partial charge >= 0.3 is 0 Å². The minimum absolute atomic E-state index is 0.153. The quantitative estimate of drug-likeness (QED) is 0.801. The SMILES string of the molecule is NC(=O)[C@@H]1CCCN([C@H]2CC(=O)N(c3ccc(Br)cc3)C2=O)C1. The van der Waals surface area contributed by atoms with Crippen LogP contribution >= 0.6 is 15.9 Å². The first-order valence-electron chi connectivity index (χ1n) is 7.63. The summed E-state index contributed by atoms with van der Waals surface area (Å²) in [5.74, 6) is -1.00. The van der Waals surface area contributed by atoms with Gasteiger partial charge in [0.2, 0.25) is 11.8 Å². The maximum atomic E-state index is 12.7. The number of nitrogens with zero attached hydrogens (tertiary/aromatic N) is 2. The molecule has 6 nitrogen and oxygen atoms in total. The number of hydrogen-bond acceptors (Lipinski definition) is 4. The number of benzene rings is 1. The highest BCUT2D eigenvalue weighted by molar-refractivity contribution is 9.10. The Balaban J connectivity index is 1.78. The van der Waals surface area contributed by atoms with Gasteiger partial charge in [-0.2, -0.15) is 0 Å². The molecule has 2 fully saturated rings. The lowest BCUT2D eigenvalue weighted by Crippen LogP contribution is -2.49. The van der Waals surface area contributed by atoms with E-state index in [4.69, 9.17) is 5.73 Å². The second-order valence-corrected chi connectivity index (χ2v) is 6.92. The van der Waals surface area contributed by atoms with Crippen LogP contribution in [0.25, 0.3) is 0 Å². The van der Waals surface area contributed by atoms with Crippen molar-refractivity contribution in [2.45, 2.75) is 25.3 Å². The van der Waals surface area contributed by atoms with Crippen LogP contribution in [0, 0.1) is 5.92 Å². The zero-order chi connectivity index (χ0) is 16.6. The lowest BCUT2D eigenvalue weighted by atomic mass is 9.96. The second-order valence-electron chi connectivity index (χ2n) is 6.00. The lowest BCUT2D eigenvalue weighted by Gasteiger charge is -2.34. The van der Waals surface area contributed by atoms with Crippen molar-refractivity contribution in [2.24, 2.45) is 11.7 Å². The molecule has 2 saturated heterocycles. The van der Waals surface area contributed by atoms with Crippen LogP contribution in [0.1, 0.15) is 19.3 Å². The molecule has 2 heterocycles. The monoisotopic (exact) mass is 379 g/mol. The summed E-state index contributed by atoms with van der Waals surface area (Å²) in [6.07, 6.45) is 1.71. The number of carbonyl (C=O) groups is 3. The fourth-order valence-electron chi connectivity index (χ4n) is 3.28. The molecule has 7 heteroatoms. The Kier molecular flexibility index (Phi) is 4.50. The van der Waals surface area contributed by atoms with Crippen molar-refractivity contribution < 1.29 is 14.4 Å². The molecule has 3 rings (SSSR count). The van der Waals surface area contributed by atoms with Crippen molar-refractivity contribution in [3.05, 3.63) is 28.7 Å². The number of amides is 3. The van der Waals surface area contributed by atoms with Crippen LogP contribution in [0.15, 0.2) is 28.7 Å². The van der Waals surface area contributed by atoms with E-state index in [2.05, 4.69) is 15.9 Å². The summed E-state index contributed by atoms with van der Waals surface area (Å²) >= 11 is 3.34. The van der Waals surface area contributed by atoms with Crippen LogP contribution in [0.4, 0.5) is 5.69 Å². The molecule has 0 spiro atoms. The maximum absolute atomic E-state index is 12.7. The summed E-state index contributed by atoms with van der Waals surface area (Å²) in [5.41, 5.74) is 5.97. The van der Waals surface area contributed by atoms with Crippen LogP contribution in [0.5, 0.6) is 0 Å². The fraction of sp³-hybridized carbons (Fsp3) is 0.438. The Bertz CT molecular complexity index is 646. The molecule has 1 aromatic carbocycles. The summed E-state index contributed by atoms with van der Waals surface area (Å²) < 4.78 is 0.886. The maximum Gasteiger partial charge on any atom is 0.251 e. The molecule has 0 saturated carbocycles. The number of rotatable bonds is 3. The summed E-state index contributed by atoms with van der Waals surface area (Å²) in [6, 6.07) is 6.59. The first kappa shape index (κ1) is 16.1. The van der Waals surface area contributed by atoms with E-state index in [0.29, 0.717) is 18.8 Å². The molecule has 0 aromatic heterocycles. The molecular formula is C16H18BrN3O3. The first-order valence-corrected chi connectivity index (χ1v) is 8.42. The normalized spacial score (nSPS) is 25.9. The zero-order valence-corrected chi connectivity index (χ0v) is 14.2. The van der Waals surface area contributed by atoms with E-state index in [1.165, 1.54) is 4.90 Å². The van der Waals surface area contributed by atoms with Crippen molar-refractivity contribution in [2.75, 3.05) is 18.0 Å². The van der Waals surface area contributed by atoms with E-state index in [0.717, 1.165) is 17.3 Å². The summed E-state index contributed by atoms with van der Waals surface area (Å²) in [7, 11) is 0. The minimum atomic E-state index is -0.492. The minimum Gasteiger partial charge on any atom is -0.369 e. The average Bonchev–Trinajstić information content (AvgIpc) is 2.83. The molecule has 0 radical (unpaired) electrons. The molecule has 3 amide bonds. The Morgan fingerprint density at radius 2 is 1.91 bits per heavy atom. The molecule has 23 heavy (non-hydrogen) atoms. The fourth-order valence-corrected chi connectivity index (χ4v) is 3.55. The number of nitrogens with two attached hydrogens (primary N) is 1. The van der Waals surface area contributed by atoms with Crippen molar-refractivity contribution in [3.63, 3.8) is 0 Å². The van der Waals surface area contributed by atoms with Gasteiger partial charge in [0.05, 0.1) is 24.1 Å². The third-order valence-electron chi connectivity index (χ3n) is 4.50. The largest absolute Gasteiger partial charge is 0.369 e. The van der Waals surface area contributed by atoms with Crippen LogP contribution in [0.3, 0.4) is 0 Å². The smallest absolute Gasteiger partial charge is 0.251 e. The third kappa shape index (κ3) is 3.16. The first-order chi connectivity index (χ1) is 11.0. The number of likely N-dealkylation sites (tertiary alicyclic amines) is 1. The number of halogens is 1. The number of primary amides is 1. The molecule has 0 unspecified atom stereocenters. The number of piperidine rings is 1. The van der Waals surface area contributed by atoms with Gasteiger partial charge in [-0.15, -0.1) is 0 Å². The lowest BCUT2D eigenvalue weighted by molar-refractivity contribution is -0.127. The number of carbonyl (C=O) groups excluding carboxylic acids is 3. The number of imide groups is 1. The van der Waals surface area contributed by atoms with Gasteiger partial charge in [-0.1, -0.05) is 15.9 Å². The van der Waals surface area contributed by atoms with Gasteiger partial charge in [-0.25, -0.2) is 4.90 Å². The van der Waals surface area contributed by atoms with Gasteiger partial charge in [0.1, 0.15) is 0 Å². The molecule has 0 bridgehead atoms. The zero-order valence-electron chi connectivity index (χ0n) is 12.6. The third-order valence-corrected chi connectivity index (χ3v) is 5.03. The molecule has 2 aliphatic heterocycles. The molecule has 2 aliphatic rings. The van der Waals surface area contributed by atoms with E-state index in [9.17, 15) is 14.4 Å². The van der Waals surface area contributed by atoms with E-state index in [1.807, 2.05) is 4.90 Å². The van der Waals surface area contributed by atoms with Gasteiger partial charge in [0.25, 0.3) is 5.91 Å². The molecule has 122 valence electrons. The highest BCUT2D eigenvalue weighted by atomic mass is 79.9. The summed E-state index contributed by atoms with van der Waals surface area (Å²) in [6.45, 7) is 1.16. The van der Waals surface area contributed by atoms with Gasteiger partial charge in [-0.3, -0.25) is 19.3 Å². The van der Waals surface area contributed by atoms with Crippen molar-refractivity contribution in [1.82, 2.24) is 4.90 Å². The van der Waals surface area contributed by atoms with E-state index in [-0.39, 0.29) is 30.1 Å². The van der Waals surface area contributed by atoms with Gasteiger partial charge in [0.15, 0.2) is 0 Å². The van der Waals surface area contributed by atoms with Gasteiger partial charge < -0.3 is 5.73 Å². The average molecular weight is 380 g/mol. The Morgan fingerprint density at radius 3 is 2.57 bits per heavy atom. The van der Waals surface area contributed by atoms with Gasteiger partial charge in [0, 0.05) is 11.0 Å². The van der Waals surface area contributed by atoms with Crippen molar-refractivity contribution in [1.29, 1.82) is 0 Å². The molecule has 0 aliphatic carbocycles. The van der Waals surface area contributed by atoms with Crippen LogP contribution in [-0.4, -0.2) is 41.8 Å². The molecular weight excluding hydrogens is 362 g/mol. The van der Waals surface area contributed by atoms with Crippen LogP contribution in [-0.2, 0) is 14.4 Å². The molecule has 1 aromatic rings. The summed E-state index contributed by atoms with van der Waals surface area (Å²) in [4.78, 5) is 39.6. The van der Waals surface area contributed by atoms with E-state index < -0.39 is 6.04 Å². The highest BCUT2D eigenvalue weighted by Gasteiger charge is 2.44. The van der Waals surface area contributed by atoms with Crippen molar-refractivity contribution >= 4 is 39.3 Å². The predicted octanol–water partition coefficient (Wildman–Crippen LogP) is 1.28. The highest BCUT2D eigenvalue weighted by Crippen LogP contribution is 2.29. The number of hydrogen-bond donors (Lipinski definition) is 1. The predicted molar refractivity (Wildman–Crippen MR) is 88.5 cm³/mol. The topological polar surface area (TPSA) is 83.7 Å². The molecule has 2 N–H and O–H groups in total. The molecule has 2 atom stereocenters. The standard InChI is InChI=1S/C16H18BrN3O3/c17-11-3-5-12(6-4-11)20-14(21)8-13(16(20)23)19-7-1-2-10(9-19)15(18)22/h3-6,10,13H,1-2,7-9H2,(H2,18,22)/t10-,13+/m1/s1. The number of anilines is 1. The van der Waals surface area contributed by atoms with E-state index in [1.54, 1.807) is 24.3 Å². The Labute approximate surface area is 142 Å². The van der Waals surface area contributed by atoms with E-state index >= 15 is 0 Å². The summed E-state index contributed by atoms with van der Waals surface area (Å²) in [5, 5.41) is 0. The Hall–Kier alpha value is -1.73. The van der Waals surface area contributed by atoms with Crippen LogP contribution < -0.4 is 10.6 Å².